The van der Waals surface area contributed by atoms with Gasteiger partial charge in [0.25, 0.3) is 0 Å². The van der Waals surface area contributed by atoms with Gasteiger partial charge in [-0.3, -0.25) is 9.80 Å². The molecule has 0 spiro atoms. The van der Waals surface area contributed by atoms with Crippen molar-refractivity contribution in [2.45, 2.75) is 13.3 Å². The maximum atomic E-state index is 5.51. The van der Waals surface area contributed by atoms with Gasteiger partial charge in [-0.25, -0.2) is 0 Å². The number of piperazine rings is 1. The molecule has 17 heavy (non-hydrogen) atoms. The molecule has 0 aromatic rings. The van der Waals surface area contributed by atoms with Crippen LogP contribution in [0.5, 0.6) is 0 Å². The number of hydrogen-bond donors (Lipinski definition) is 3. The van der Waals surface area contributed by atoms with Gasteiger partial charge in [-0.15, -0.1) is 0 Å². The smallest absolute Gasteiger partial charge is 0.0110 e. The van der Waals surface area contributed by atoms with Crippen LogP contribution >= 0.6 is 0 Å². The number of likely N-dealkylation sites (N-methyl/N-ethyl adjacent to an activating group) is 1. The molecule has 5 heteroatoms. The molecule has 5 nitrogen and oxygen atoms in total. The molecule has 0 aromatic heterocycles. The van der Waals surface area contributed by atoms with Crippen LogP contribution in [0.2, 0.25) is 0 Å². The van der Waals surface area contributed by atoms with Crippen LogP contribution in [-0.2, 0) is 0 Å². The normalized spacial score (nSPS) is 17.6. The lowest BCUT2D eigenvalue weighted by atomic mass is 10.3. The standard InChI is InChI=1S/C9H22N4.C3H9N/c1-11-3-5-13-8-6-12(4-2-10)7-9-13;1-2-3-4/h11H,2-10H2,1H3;2-4H2,1H3. The molecule has 0 unspecified atom stereocenters. The Morgan fingerprint density at radius 3 is 1.76 bits per heavy atom. The fourth-order valence-corrected chi connectivity index (χ4v) is 1.69. The third kappa shape index (κ3) is 9.50. The van der Waals surface area contributed by atoms with Crippen LogP contribution in [-0.4, -0.2) is 75.8 Å². The molecule has 1 saturated heterocycles. The van der Waals surface area contributed by atoms with E-state index in [4.69, 9.17) is 11.5 Å². The van der Waals surface area contributed by atoms with E-state index < -0.39 is 0 Å². The highest BCUT2D eigenvalue weighted by Gasteiger charge is 2.14. The summed E-state index contributed by atoms with van der Waals surface area (Å²) in [7, 11) is 2.00. The molecule has 0 aliphatic carbocycles. The number of nitrogens with zero attached hydrogens (tertiary/aromatic N) is 2. The zero-order valence-corrected chi connectivity index (χ0v) is 11.6. The molecule has 1 aliphatic heterocycles. The summed E-state index contributed by atoms with van der Waals surface area (Å²) in [6.07, 6.45) is 1.10. The summed E-state index contributed by atoms with van der Waals surface area (Å²) in [5.74, 6) is 0. The summed E-state index contributed by atoms with van der Waals surface area (Å²) in [6.45, 7) is 11.7. The summed E-state index contributed by atoms with van der Waals surface area (Å²) >= 11 is 0. The highest BCUT2D eigenvalue weighted by Crippen LogP contribution is 1.99. The molecule has 5 N–H and O–H groups in total. The van der Waals surface area contributed by atoms with Crippen LogP contribution in [0.3, 0.4) is 0 Å². The summed E-state index contributed by atoms with van der Waals surface area (Å²) in [5.41, 5.74) is 10.5. The molecule has 0 saturated carbocycles. The highest BCUT2D eigenvalue weighted by molar-refractivity contribution is 4.72. The molecule has 0 amide bonds. The Kier molecular flexibility index (Phi) is 12.1. The number of rotatable bonds is 6. The van der Waals surface area contributed by atoms with E-state index in [2.05, 4.69) is 22.0 Å². The molecule has 104 valence electrons. The van der Waals surface area contributed by atoms with E-state index in [-0.39, 0.29) is 0 Å². The van der Waals surface area contributed by atoms with Crippen molar-refractivity contribution in [3.8, 4) is 0 Å². The lowest BCUT2D eigenvalue weighted by Crippen LogP contribution is -2.48. The van der Waals surface area contributed by atoms with Gasteiger partial charge >= 0.3 is 0 Å². The number of hydrogen-bond acceptors (Lipinski definition) is 5. The Labute approximate surface area is 107 Å². The van der Waals surface area contributed by atoms with Gasteiger partial charge in [-0.2, -0.15) is 0 Å². The molecule has 1 heterocycles. The largest absolute Gasteiger partial charge is 0.330 e. The van der Waals surface area contributed by atoms with E-state index in [0.717, 1.165) is 32.6 Å². The third-order valence-corrected chi connectivity index (χ3v) is 2.88. The van der Waals surface area contributed by atoms with E-state index in [0.29, 0.717) is 0 Å². The summed E-state index contributed by atoms with van der Waals surface area (Å²) < 4.78 is 0. The maximum Gasteiger partial charge on any atom is 0.0110 e. The van der Waals surface area contributed by atoms with Gasteiger partial charge in [-0.05, 0) is 20.0 Å². The van der Waals surface area contributed by atoms with Gasteiger partial charge in [0, 0.05) is 52.4 Å². The Morgan fingerprint density at radius 2 is 1.41 bits per heavy atom. The maximum absolute atomic E-state index is 5.51. The van der Waals surface area contributed by atoms with E-state index in [1.807, 2.05) is 7.05 Å². The van der Waals surface area contributed by atoms with Gasteiger partial charge in [0.05, 0.1) is 0 Å². The molecule has 0 bridgehead atoms. The summed E-state index contributed by atoms with van der Waals surface area (Å²) in [4.78, 5) is 4.94. The first kappa shape index (κ1) is 16.8. The Hall–Kier alpha value is -0.200. The van der Waals surface area contributed by atoms with E-state index in [1.54, 1.807) is 0 Å². The van der Waals surface area contributed by atoms with Crippen LogP contribution in [0.1, 0.15) is 13.3 Å². The fraction of sp³-hybridized carbons (Fsp3) is 1.00. The van der Waals surface area contributed by atoms with E-state index in [9.17, 15) is 0 Å². The zero-order valence-electron chi connectivity index (χ0n) is 11.6. The Bertz CT molecular complexity index is 144. The second kappa shape index (κ2) is 12.3. The lowest BCUT2D eigenvalue weighted by Gasteiger charge is -2.34. The molecule has 0 radical (unpaired) electrons. The third-order valence-electron chi connectivity index (χ3n) is 2.88. The van der Waals surface area contributed by atoms with Gasteiger partial charge in [0.2, 0.25) is 0 Å². The number of nitrogens with one attached hydrogen (secondary N) is 1. The van der Waals surface area contributed by atoms with Crippen molar-refractivity contribution in [3.05, 3.63) is 0 Å². The van der Waals surface area contributed by atoms with Crippen molar-refractivity contribution < 1.29 is 0 Å². The first-order valence-corrected chi connectivity index (χ1v) is 6.77. The van der Waals surface area contributed by atoms with Crippen LogP contribution in [0.25, 0.3) is 0 Å². The van der Waals surface area contributed by atoms with Crippen LogP contribution in [0.15, 0.2) is 0 Å². The monoisotopic (exact) mass is 245 g/mol. The lowest BCUT2D eigenvalue weighted by molar-refractivity contribution is 0.136. The van der Waals surface area contributed by atoms with Gasteiger partial charge in [0.15, 0.2) is 0 Å². The molecule has 1 aliphatic rings. The van der Waals surface area contributed by atoms with Crippen molar-refractivity contribution in [3.63, 3.8) is 0 Å². The zero-order chi connectivity index (χ0) is 12.9. The van der Waals surface area contributed by atoms with Crippen LogP contribution < -0.4 is 16.8 Å². The van der Waals surface area contributed by atoms with Crippen molar-refractivity contribution in [2.24, 2.45) is 11.5 Å². The average Bonchev–Trinajstić information content (AvgIpc) is 2.39. The predicted octanol–water partition coefficient (Wildman–Crippen LogP) is -0.863. The first-order chi connectivity index (χ1) is 8.28. The topological polar surface area (TPSA) is 70.5 Å². The molecule has 0 atom stereocenters. The van der Waals surface area contributed by atoms with Gasteiger partial charge in [0.1, 0.15) is 0 Å². The molecule has 1 rings (SSSR count). The van der Waals surface area contributed by atoms with Crippen LogP contribution in [0, 0.1) is 0 Å². The van der Waals surface area contributed by atoms with Crippen molar-refractivity contribution in [1.29, 1.82) is 0 Å². The summed E-state index contributed by atoms with van der Waals surface area (Å²) in [5, 5.41) is 3.18. The molecule has 1 fully saturated rings. The van der Waals surface area contributed by atoms with E-state index in [1.165, 1.54) is 32.7 Å². The average molecular weight is 245 g/mol. The van der Waals surface area contributed by atoms with E-state index >= 15 is 0 Å². The van der Waals surface area contributed by atoms with Gasteiger partial charge in [-0.1, -0.05) is 6.92 Å². The van der Waals surface area contributed by atoms with Crippen LogP contribution in [0.4, 0.5) is 0 Å². The van der Waals surface area contributed by atoms with Crippen molar-refractivity contribution >= 4 is 0 Å². The second-order valence-electron chi connectivity index (χ2n) is 4.36. The fourth-order valence-electron chi connectivity index (χ4n) is 1.69. The minimum absolute atomic E-state index is 0.788. The Morgan fingerprint density at radius 1 is 0.941 bits per heavy atom. The quantitative estimate of drug-likeness (QED) is 0.568. The second-order valence-corrected chi connectivity index (χ2v) is 4.36. The predicted molar refractivity (Wildman–Crippen MR) is 75.2 cm³/mol. The number of nitrogens with two attached hydrogens (primary N) is 2. The van der Waals surface area contributed by atoms with Gasteiger partial charge < -0.3 is 16.8 Å². The molecular weight excluding hydrogens is 214 g/mol. The Balaban J connectivity index is 0.000000557. The summed E-state index contributed by atoms with van der Waals surface area (Å²) in [6, 6.07) is 0. The van der Waals surface area contributed by atoms with Crippen molar-refractivity contribution in [1.82, 2.24) is 15.1 Å². The highest BCUT2D eigenvalue weighted by atomic mass is 15.3. The first-order valence-electron chi connectivity index (χ1n) is 6.77. The molecule has 0 aromatic carbocycles. The minimum atomic E-state index is 0.788. The SMILES string of the molecule is CCCN.CNCCN1CCN(CCN)CC1. The molecular formula is C12H31N5. The minimum Gasteiger partial charge on any atom is -0.330 e. The van der Waals surface area contributed by atoms with Crippen molar-refractivity contribution in [2.75, 3.05) is 66.0 Å².